The van der Waals surface area contributed by atoms with Crippen LogP contribution in [0.5, 0.6) is 11.6 Å². The van der Waals surface area contributed by atoms with Crippen LogP contribution in [0.4, 0.5) is 0 Å². The molecule has 0 spiro atoms. The normalized spacial score (nSPS) is 11.9. The maximum Gasteiger partial charge on any atom is 0.237 e. The first kappa shape index (κ1) is 17.1. The molecule has 5 heteroatoms. The third-order valence-corrected chi connectivity index (χ3v) is 3.86. The number of aliphatic hydroxyl groups excluding tert-OH is 1. The minimum Gasteiger partial charge on any atom is -0.438 e. The Labute approximate surface area is 147 Å². The van der Waals surface area contributed by atoms with Crippen molar-refractivity contribution < 1.29 is 9.84 Å². The van der Waals surface area contributed by atoms with Gasteiger partial charge < -0.3 is 15.2 Å². The van der Waals surface area contributed by atoms with E-state index < -0.39 is 0 Å². The summed E-state index contributed by atoms with van der Waals surface area (Å²) in [6, 6.07) is 18.1. The van der Waals surface area contributed by atoms with Crippen LogP contribution >= 0.6 is 0 Å². The fourth-order valence-electron chi connectivity index (χ4n) is 2.58. The van der Waals surface area contributed by atoms with E-state index in [0.29, 0.717) is 18.8 Å². The van der Waals surface area contributed by atoms with Gasteiger partial charge in [0.15, 0.2) is 0 Å². The van der Waals surface area contributed by atoms with Crippen LogP contribution in [0.25, 0.3) is 0 Å². The average molecular weight is 335 g/mol. The fourth-order valence-corrected chi connectivity index (χ4v) is 2.58. The molecular formula is C20H21N3O2. The van der Waals surface area contributed by atoms with Crippen molar-refractivity contribution in [2.75, 3.05) is 6.61 Å². The van der Waals surface area contributed by atoms with Crippen molar-refractivity contribution in [3.63, 3.8) is 0 Å². The Balaban J connectivity index is 1.59. The highest BCUT2D eigenvalue weighted by molar-refractivity contribution is 5.30. The van der Waals surface area contributed by atoms with Crippen molar-refractivity contribution in [2.24, 2.45) is 0 Å². The van der Waals surface area contributed by atoms with E-state index in [0.717, 1.165) is 11.3 Å². The van der Waals surface area contributed by atoms with Crippen molar-refractivity contribution in [3.8, 4) is 11.6 Å². The van der Waals surface area contributed by atoms with Crippen LogP contribution in [0.1, 0.15) is 23.6 Å². The van der Waals surface area contributed by atoms with Crippen LogP contribution in [0.2, 0.25) is 0 Å². The summed E-state index contributed by atoms with van der Waals surface area (Å²) in [7, 11) is 0. The zero-order chi connectivity index (χ0) is 17.3. The Morgan fingerprint density at radius 3 is 2.48 bits per heavy atom. The van der Waals surface area contributed by atoms with Gasteiger partial charge in [-0.25, -0.2) is 4.98 Å². The van der Waals surface area contributed by atoms with Crippen molar-refractivity contribution in [2.45, 2.75) is 19.0 Å². The van der Waals surface area contributed by atoms with Crippen LogP contribution in [0.3, 0.4) is 0 Å². The summed E-state index contributed by atoms with van der Waals surface area (Å²) in [6.45, 7) is 0.864. The zero-order valence-electron chi connectivity index (χ0n) is 13.9. The molecule has 0 aliphatic heterocycles. The van der Waals surface area contributed by atoms with Crippen molar-refractivity contribution in [1.29, 1.82) is 0 Å². The Kier molecular flexibility index (Phi) is 6.09. The number of hydrogen-bond donors (Lipinski definition) is 2. The molecule has 0 bridgehead atoms. The van der Waals surface area contributed by atoms with E-state index in [4.69, 9.17) is 4.74 Å². The Morgan fingerprint density at radius 2 is 1.80 bits per heavy atom. The van der Waals surface area contributed by atoms with Gasteiger partial charge in [-0.2, -0.15) is 0 Å². The molecule has 0 amide bonds. The third kappa shape index (κ3) is 5.11. The Hall–Kier alpha value is -2.76. The number of nitrogens with one attached hydrogen (secondary N) is 1. The molecule has 1 heterocycles. The Bertz CT molecular complexity index is 749. The molecule has 0 aliphatic carbocycles. The molecule has 0 saturated carbocycles. The number of benzene rings is 2. The van der Waals surface area contributed by atoms with Crippen LogP contribution < -0.4 is 10.1 Å². The van der Waals surface area contributed by atoms with Gasteiger partial charge in [0.05, 0.1) is 6.20 Å². The summed E-state index contributed by atoms with van der Waals surface area (Å²) in [5.41, 5.74) is 2.32. The SMILES string of the molecule is OCC[C@@H](NCc1ccc(Oc2cnccn2)cc1)c1ccccc1. The second-order valence-electron chi connectivity index (χ2n) is 5.65. The molecule has 0 saturated heterocycles. The van der Waals surface area contributed by atoms with Gasteiger partial charge in [-0.1, -0.05) is 42.5 Å². The summed E-state index contributed by atoms with van der Waals surface area (Å²) in [5.74, 6) is 1.19. The Morgan fingerprint density at radius 1 is 1.00 bits per heavy atom. The molecule has 0 aliphatic rings. The van der Waals surface area contributed by atoms with Gasteiger partial charge in [-0.15, -0.1) is 0 Å². The van der Waals surface area contributed by atoms with Gasteiger partial charge in [0, 0.05) is 31.6 Å². The van der Waals surface area contributed by atoms with E-state index in [-0.39, 0.29) is 12.6 Å². The van der Waals surface area contributed by atoms with E-state index in [1.807, 2.05) is 42.5 Å². The first-order valence-corrected chi connectivity index (χ1v) is 8.27. The first-order chi connectivity index (χ1) is 12.3. The highest BCUT2D eigenvalue weighted by Crippen LogP contribution is 2.20. The molecule has 5 nitrogen and oxygen atoms in total. The second-order valence-corrected chi connectivity index (χ2v) is 5.65. The standard InChI is InChI=1S/C20H21N3O2/c24-13-10-19(17-4-2-1-3-5-17)23-14-16-6-8-18(9-7-16)25-20-15-21-11-12-22-20/h1-9,11-12,15,19,23-24H,10,13-14H2/t19-/m1/s1. The lowest BCUT2D eigenvalue weighted by Crippen LogP contribution is -2.21. The number of nitrogens with zero attached hydrogens (tertiary/aromatic N) is 2. The monoisotopic (exact) mass is 335 g/mol. The quantitative estimate of drug-likeness (QED) is 0.660. The molecule has 0 fully saturated rings. The van der Waals surface area contributed by atoms with Crippen LogP contribution in [-0.4, -0.2) is 21.7 Å². The van der Waals surface area contributed by atoms with Crippen molar-refractivity contribution >= 4 is 0 Å². The molecule has 1 atom stereocenters. The summed E-state index contributed by atoms with van der Waals surface area (Å²) < 4.78 is 5.64. The minimum atomic E-state index is 0.127. The topological polar surface area (TPSA) is 67.3 Å². The summed E-state index contributed by atoms with van der Waals surface area (Å²) >= 11 is 0. The largest absolute Gasteiger partial charge is 0.438 e. The van der Waals surface area contributed by atoms with E-state index >= 15 is 0 Å². The second kappa shape index (κ2) is 8.92. The molecule has 3 aromatic rings. The van der Waals surface area contributed by atoms with Gasteiger partial charge in [-0.05, 0) is 29.7 Å². The number of aliphatic hydroxyl groups is 1. The van der Waals surface area contributed by atoms with Gasteiger partial charge in [0.2, 0.25) is 5.88 Å². The van der Waals surface area contributed by atoms with Gasteiger partial charge in [0.1, 0.15) is 5.75 Å². The predicted octanol–water partition coefficient (Wildman–Crippen LogP) is 3.48. The first-order valence-electron chi connectivity index (χ1n) is 8.27. The summed E-state index contributed by atoms with van der Waals surface area (Å²) in [4.78, 5) is 8.06. The summed E-state index contributed by atoms with van der Waals surface area (Å²) in [6.07, 6.45) is 5.46. The van der Waals surface area contributed by atoms with E-state index in [2.05, 4.69) is 27.4 Å². The maximum atomic E-state index is 9.30. The van der Waals surface area contributed by atoms with Gasteiger partial charge in [0.25, 0.3) is 0 Å². The van der Waals surface area contributed by atoms with E-state index in [1.165, 1.54) is 5.56 Å². The van der Waals surface area contributed by atoms with Crippen molar-refractivity contribution in [3.05, 3.63) is 84.3 Å². The zero-order valence-corrected chi connectivity index (χ0v) is 13.9. The molecule has 3 rings (SSSR count). The molecule has 0 radical (unpaired) electrons. The van der Waals surface area contributed by atoms with Crippen LogP contribution in [-0.2, 0) is 6.54 Å². The number of hydrogen-bond acceptors (Lipinski definition) is 5. The molecule has 0 unspecified atom stereocenters. The molecule has 1 aromatic heterocycles. The average Bonchev–Trinajstić information content (AvgIpc) is 2.68. The lowest BCUT2D eigenvalue weighted by atomic mass is 10.0. The van der Waals surface area contributed by atoms with Crippen molar-refractivity contribution in [1.82, 2.24) is 15.3 Å². The molecule has 2 aromatic carbocycles. The fraction of sp³-hybridized carbons (Fsp3) is 0.200. The number of aromatic nitrogens is 2. The lowest BCUT2D eigenvalue weighted by Gasteiger charge is -2.18. The van der Waals surface area contributed by atoms with E-state index in [9.17, 15) is 5.11 Å². The van der Waals surface area contributed by atoms with Gasteiger partial charge in [-0.3, -0.25) is 4.98 Å². The molecular weight excluding hydrogens is 314 g/mol. The lowest BCUT2D eigenvalue weighted by molar-refractivity contribution is 0.265. The third-order valence-electron chi connectivity index (χ3n) is 3.86. The maximum absolute atomic E-state index is 9.30. The highest BCUT2D eigenvalue weighted by Gasteiger charge is 2.10. The predicted molar refractivity (Wildman–Crippen MR) is 96.3 cm³/mol. The number of ether oxygens (including phenoxy) is 1. The molecule has 2 N–H and O–H groups in total. The smallest absolute Gasteiger partial charge is 0.237 e. The minimum absolute atomic E-state index is 0.127. The number of rotatable bonds is 8. The highest BCUT2D eigenvalue weighted by atomic mass is 16.5. The summed E-state index contributed by atoms with van der Waals surface area (Å²) in [5, 5.41) is 12.8. The van der Waals surface area contributed by atoms with E-state index in [1.54, 1.807) is 18.6 Å². The van der Waals surface area contributed by atoms with Gasteiger partial charge >= 0.3 is 0 Å². The molecule has 128 valence electrons. The molecule has 25 heavy (non-hydrogen) atoms. The van der Waals surface area contributed by atoms with Crippen LogP contribution in [0.15, 0.2) is 73.2 Å². The van der Waals surface area contributed by atoms with Crippen LogP contribution in [0, 0.1) is 0 Å².